The Kier molecular flexibility index (Phi) is 21.6. The molecule has 0 unspecified atom stereocenters. The molecular formula is C141H97N9. The molecule has 706 valence electrons. The van der Waals surface area contributed by atoms with E-state index in [1.54, 1.807) is 0 Å². The molecule has 3 spiro atoms. The molecule has 0 aliphatic heterocycles. The van der Waals surface area contributed by atoms with Gasteiger partial charge in [-0.25, -0.2) is 29.9 Å². The van der Waals surface area contributed by atoms with Gasteiger partial charge in [0.15, 0.2) is 17.5 Å². The number of nitriles is 3. The lowest BCUT2D eigenvalue weighted by Crippen LogP contribution is -2.40. The average Bonchev–Trinajstić information content (AvgIpc) is 1.51. The lowest BCUT2D eigenvalue weighted by atomic mass is 9.55. The summed E-state index contributed by atoms with van der Waals surface area (Å²) in [7, 11) is 0. The molecule has 19 aromatic carbocycles. The van der Waals surface area contributed by atoms with Crippen LogP contribution in [0.4, 0.5) is 0 Å². The number of hydrogen-bond acceptors (Lipinski definition) is 9. The first-order valence-electron chi connectivity index (χ1n) is 51.3. The number of benzene rings is 19. The predicted octanol–water partition coefficient (Wildman–Crippen LogP) is 32.7. The van der Waals surface area contributed by atoms with E-state index in [2.05, 4.69) is 399 Å². The van der Waals surface area contributed by atoms with Crippen LogP contribution < -0.4 is 0 Å². The summed E-state index contributed by atoms with van der Waals surface area (Å²) >= 11 is 0. The van der Waals surface area contributed by atoms with Crippen molar-refractivity contribution in [1.29, 1.82) is 15.8 Å². The highest BCUT2D eigenvalue weighted by Gasteiger charge is 2.58. The van der Waals surface area contributed by atoms with Crippen molar-refractivity contribution in [2.75, 3.05) is 0 Å². The smallest absolute Gasteiger partial charge is 0.160 e. The molecule has 6 aliphatic rings. The van der Waals surface area contributed by atoms with Gasteiger partial charge in [0.2, 0.25) is 0 Å². The van der Waals surface area contributed by atoms with Gasteiger partial charge in [0, 0.05) is 66.3 Å². The normalized spacial score (nSPS) is 14.2. The van der Waals surface area contributed by atoms with Gasteiger partial charge >= 0.3 is 0 Å². The van der Waals surface area contributed by atoms with Gasteiger partial charge in [-0.2, -0.15) is 15.8 Å². The van der Waals surface area contributed by atoms with Crippen LogP contribution in [0, 0.1) is 34.0 Å². The molecule has 0 bridgehead atoms. The second kappa shape index (κ2) is 35.7. The molecule has 150 heavy (non-hydrogen) atoms. The summed E-state index contributed by atoms with van der Waals surface area (Å²) in [5, 5.41) is 28.2. The summed E-state index contributed by atoms with van der Waals surface area (Å²) in [6, 6.07) is 177. The molecular weight excluding hydrogens is 1820 g/mol. The maximum atomic E-state index is 9.43. The third kappa shape index (κ3) is 14.1. The van der Waals surface area contributed by atoms with Crippen LogP contribution in [-0.4, -0.2) is 29.9 Å². The van der Waals surface area contributed by atoms with Crippen molar-refractivity contribution in [3.63, 3.8) is 0 Å². The lowest BCUT2D eigenvalue weighted by molar-refractivity contribution is 0.563. The average molecular weight is 1920 g/mol. The van der Waals surface area contributed by atoms with Crippen molar-refractivity contribution in [2.45, 2.75) is 74.0 Å². The van der Waals surface area contributed by atoms with E-state index in [0.717, 1.165) is 89.8 Å². The minimum atomic E-state index is -0.476. The second-order valence-corrected chi connectivity index (χ2v) is 41.4. The summed E-state index contributed by atoms with van der Waals surface area (Å²) in [5.74, 6) is 1.96. The Hall–Kier alpha value is -19.1. The van der Waals surface area contributed by atoms with E-state index >= 15 is 0 Å². The molecule has 9 heteroatoms. The van der Waals surface area contributed by atoms with Gasteiger partial charge in [-0.3, -0.25) is 0 Å². The topological polar surface area (TPSA) is 149 Å². The SMILES string of the molecule is CC1(C)c2ccccc2C2(c3ccccc3-c3c(-c4cc(-c5ccc(C#N)cc5)nc(-c5ccccc5)n4)cccc32)c2ccccc21.CC1(C)c2ccccc2C2(c3ccccc3-c3c(-c4cccc(-c5cc(-c6ccccc6)nc(-c6ccc(C#N)cc6)n5)c4)cccc32)c2ccccc21.CC1(C)c2ccccc2C2(c3ccccc3-c3cc(-c4cc(-c5ccc(C#N)cc5)nc(-c5ccccc5)n4)ccc32)c2ccccc21. The second-order valence-electron chi connectivity index (χ2n) is 41.4. The molecule has 3 aromatic heterocycles. The van der Waals surface area contributed by atoms with Crippen molar-refractivity contribution in [3.8, 4) is 164 Å². The zero-order valence-corrected chi connectivity index (χ0v) is 83.6. The highest BCUT2D eigenvalue weighted by molar-refractivity contribution is 6.00. The fourth-order valence-electron chi connectivity index (χ4n) is 25.7. The Labute approximate surface area is 874 Å². The fraction of sp³-hybridized carbons (Fsp3) is 0.0851. The summed E-state index contributed by atoms with van der Waals surface area (Å²) in [4.78, 5) is 30.6. The number of fused-ring (bicyclic) bond motifs is 27. The maximum Gasteiger partial charge on any atom is 0.160 e. The Morgan fingerprint density at radius 2 is 0.380 bits per heavy atom. The summed E-state index contributed by atoms with van der Waals surface area (Å²) in [5.41, 5.74) is 47.8. The monoisotopic (exact) mass is 1920 g/mol. The van der Waals surface area contributed by atoms with Gasteiger partial charge in [-0.15, -0.1) is 0 Å². The molecule has 3 heterocycles. The molecule has 0 amide bonds. The van der Waals surface area contributed by atoms with E-state index in [1.165, 1.54) is 139 Å². The fourth-order valence-corrected chi connectivity index (χ4v) is 25.7. The molecule has 9 nitrogen and oxygen atoms in total. The van der Waals surface area contributed by atoms with Crippen LogP contribution in [0.25, 0.3) is 146 Å². The Morgan fingerprint density at radius 1 is 0.153 bits per heavy atom. The van der Waals surface area contributed by atoms with E-state index in [4.69, 9.17) is 29.9 Å². The van der Waals surface area contributed by atoms with Crippen LogP contribution in [0.2, 0.25) is 0 Å². The Morgan fingerprint density at radius 3 is 0.760 bits per heavy atom. The molecule has 0 radical (unpaired) electrons. The first-order valence-corrected chi connectivity index (χ1v) is 51.3. The van der Waals surface area contributed by atoms with Crippen molar-refractivity contribution in [3.05, 3.63) is 596 Å². The van der Waals surface area contributed by atoms with E-state index in [1.807, 2.05) is 140 Å². The maximum absolute atomic E-state index is 9.43. The minimum absolute atomic E-state index is 0.132. The van der Waals surface area contributed by atoms with Crippen LogP contribution in [0.15, 0.2) is 479 Å². The van der Waals surface area contributed by atoms with Crippen molar-refractivity contribution < 1.29 is 0 Å². The molecule has 28 rings (SSSR count). The van der Waals surface area contributed by atoms with E-state index in [-0.39, 0.29) is 16.2 Å². The van der Waals surface area contributed by atoms with E-state index in [9.17, 15) is 15.8 Å². The zero-order valence-electron chi connectivity index (χ0n) is 83.6. The number of nitrogens with zero attached hydrogens (tertiary/aromatic N) is 9. The quantitative estimate of drug-likeness (QED) is 0.130. The van der Waals surface area contributed by atoms with Crippen molar-refractivity contribution >= 4 is 0 Å². The van der Waals surface area contributed by atoms with Gasteiger partial charge in [0.05, 0.1) is 85.3 Å². The predicted molar refractivity (Wildman–Crippen MR) is 603 cm³/mol. The first-order chi connectivity index (χ1) is 73.5. The van der Waals surface area contributed by atoms with Crippen molar-refractivity contribution in [2.24, 2.45) is 0 Å². The molecule has 0 saturated heterocycles. The molecule has 0 fully saturated rings. The van der Waals surface area contributed by atoms with E-state index < -0.39 is 16.2 Å². The van der Waals surface area contributed by atoms with Gasteiger partial charge in [-0.1, -0.05) is 442 Å². The number of hydrogen-bond donors (Lipinski definition) is 0. The Bertz CT molecular complexity index is 9230. The van der Waals surface area contributed by atoms with Gasteiger partial charge in [0.25, 0.3) is 0 Å². The zero-order chi connectivity index (χ0) is 101. The summed E-state index contributed by atoms with van der Waals surface area (Å²) < 4.78 is 0. The largest absolute Gasteiger partial charge is 0.228 e. The van der Waals surface area contributed by atoms with Crippen LogP contribution in [0.1, 0.15) is 158 Å². The van der Waals surface area contributed by atoms with E-state index in [0.29, 0.717) is 34.2 Å². The van der Waals surface area contributed by atoms with Gasteiger partial charge in [0.1, 0.15) is 0 Å². The standard InChI is InChI=1S/C51H35N3.2C45H31N3/c1-50(2)41-21-8-10-23-43(41)51(44-24-11-9-22-42(44)50)40-20-7-6-18-39(40)48-38(19-13-25-45(48)51)36-16-12-17-37(30-36)47-31-46(34-14-4-3-5-15-34)53-49(54-47)35-28-26-33(32-52)27-29-35;1-44(2)35-18-8-10-20-37(35)45(38-21-11-9-19-36(38)44)34-17-7-6-15-32(34)42-33(16-12-22-39(42)45)41-27-40(30-25-23-29(28-46)24-26-30)47-43(48-41)31-13-4-3-5-14-31;1-44(2)37-16-8-10-18-39(37)45(40-19-11-9-17-38(40)44)35-15-7-6-14-33(35)34-26-32(24-25-36(34)45)42-27-41(30-22-20-29(28-46)21-23-30)47-43(48-42)31-12-4-3-5-13-31/h3-31H,1-2H3;2*3-27H,1-2H3. The highest BCUT2D eigenvalue weighted by atomic mass is 14.9. The third-order valence-electron chi connectivity index (χ3n) is 32.5. The molecule has 0 atom stereocenters. The number of aromatic nitrogens is 6. The summed E-state index contributed by atoms with van der Waals surface area (Å²) in [6.45, 7) is 14.1. The molecule has 0 N–H and O–H groups in total. The van der Waals surface area contributed by atoms with Crippen LogP contribution >= 0.6 is 0 Å². The third-order valence-corrected chi connectivity index (χ3v) is 32.5. The van der Waals surface area contributed by atoms with Crippen LogP contribution in [0.3, 0.4) is 0 Å². The molecule has 6 aliphatic carbocycles. The highest BCUT2D eigenvalue weighted by Crippen LogP contribution is 2.68. The molecule has 0 saturated carbocycles. The lowest BCUT2D eigenvalue weighted by Gasteiger charge is -2.46. The van der Waals surface area contributed by atoms with Gasteiger partial charge in [-0.05, 0) is 224 Å². The Balaban J connectivity index is 0.000000114. The number of rotatable bonds is 10. The first kappa shape index (κ1) is 90.9. The van der Waals surface area contributed by atoms with Crippen LogP contribution in [-0.2, 0) is 32.5 Å². The molecule has 22 aromatic rings. The van der Waals surface area contributed by atoms with Gasteiger partial charge < -0.3 is 0 Å². The minimum Gasteiger partial charge on any atom is -0.228 e. The summed E-state index contributed by atoms with van der Waals surface area (Å²) in [6.07, 6.45) is 0. The van der Waals surface area contributed by atoms with Crippen molar-refractivity contribution in [1.82, 2.24) is 29.9 Å². The van der Waals surface area contributed by atoms with Crippen LogP contribution in [0.5, 0.6) is 0 Å².